The number of benzene rings is 1. The van der Waals surface area contributed by atoms with Gasteiger partial charge in [-0.05, 0) is 30.5 Å². The molecule has 0 radical (unpaired) electrons. The Morgan fingerprint density at radius 2 is 2.10 bits per heavy atom. The van der Waals surface area contributed by atoms with Crippen LogP contribution in [-0.4, -0.2) is 71.6 Å². The predicted octanol–water partition coefficient (Wildman–Crippen LogP) is 1.90. The average Bonchev–Trinajstić information content (AvgIpc) is 2.74. The highest BCUT2D eigenvalue weighted by Gasteiger charge is 2.29. The molecule has 2 N–H and O–H groups in total. The van der Waals surface area contributed by atoms with Gasteiger partial charge in [0.05, 0.1) is 25.5 Å². The highest BCUT2D eigenvalue weighted by molar-refractivity contribution is 5.78. The second-order valence-electron chi connectivity index (χ2n) is 7.60. The molecule has 1 aromatic heterocycles. The zero-order chi connectivity index (χ0) is 20.2. The van der Waals surface area contributed by atoms with Crippen molar-refractivity contribution in [3.63, 3.8) is 0 Å². The van der Waals surface area contributed by atoms with E-state index in [2.05, 4.69) is 14.9 Å². The van der Waals surface area contributed by atoms with E-state index in [4.69, 9.17) is 10.5 Å². The molecule has 7 nitrogen and oxygen atoms in total. The molecule has 2 aromatic rings. The monoisotopic (exact) mass is 399 g/mol. The highest BCUT2D eigenvalue weighted by atomic mass is 19.1. The first kappa shape index (κ1) is 19.7. The largest absolute Gasteiger partial charge is 0.379 e. The van der Waals surface area contributed by atoms with Crippen molar-refractivity contribution < 1.29 is 13.9 Å². The molecular formula is C21H26FN5O2. The van der Waals surface area contributed by atoms with Crippen LogP contribution in [0.2, 0.25) is 0 Å². The Balaban J connectivity index is 1.53. The van der Waals surface area contributed by atoms with E-state index in [0.717, 1.165) is 49.3 Å². The maximum absolute atomic E-state index is 13.8. The lowest BCUT2D eigenvalue weighted by Gasteiger charge is -2.35. The van der Waals surface area contributed by atoms with Gasteiger partial charge in [-0.3, -0.25) is 9.69 Å². The molecule has 2 saturated heterocycles. The number of halogens is 1. The third-order valence-electron chi connectivity index (χ3n) is 5.60. The molecule has 0 bridgehead atoms. The van der Waals surface area contributed by atoms with E-state index in [1.165, 1.54) is 12.1 Å². The summed E-state index contributed by atoms with van der Waals surface area (Å²) in [6.45, 7) is 4.67. The van der Waals surface area contributed by atoms with Gasteiger partial charge in [-0.15, -0.1) is 0 Å². The van der Waals surface area contributed by atoms with Crippen LogP contribution in [0.1, 0.15) is 24.5 Å². The molecule has 8 heteroatoms. The number of likely N-dealkylation sites (tertiary alicyclic amines) is 1. The molecule has 29 heavy (non-hydrogen) atoms. The van der Waals surface area contributed by atoms with Crippen LogP contribution < -0.4 is 5.73 Å². The van der Waals surface area contributed by atoms with Crippen LogP contribution in [-0.2, 0) is 9.53 Å². The molecule has 3 heterocycles. The minimum absolute atomic E-state index is 0.0426. The fraction of sp³-hybridized carbons (Fsp3) is 0.476. The zero-order valence-electron chi connectivity index (χ0n) is 16.4. The minimum atomic E-state index is -0.309. The summed E-state index contributed by atoms with van der Waals surface area (Å²) >= 11 is 0. The summed E-state index contributed by atoms with van der Waals surface area (Å²) in [6.07, 6.45) is 3.45. The zero-order valence-corrected chi connectivity index (χ0v) is 16.4. The molecule has 2 aliphatic rings. The van der Waals surface area contributed by atoms with Gasteiger partial charge in [0.25, 0.3) is 0 Å². The van der Waals surface area contributed by atoms with Gasteiger partial charge in [-0.1, -0.05) is 12.1 Å². The van der Waals surface area contributed by atoms with Crippen molar-refractivity contribution in [1.29, 1.82) is 0 Å². The standard InChI is InChI=1S/C21H26FN5O2/c22-17-5-1-3-15(11-17)18-12-24-21(23)25-20(18)16-4-2-6-27(13-16)19(28)14-26-7-9-29-10-8-26/h1,3,5,11-12,16H,2,4,6-10,13-14H2,(H2,23,24,25)/t16-/m0/s1. The lowest BCUT2D eigenvalue weighted by atomic mass is 9.90. The van der Waals surface area contributed by atoms with Gasteiger partial charge in [-0.2, -0.15) is 0 Å². The number of piperidine rings is 1. The number of carbonyl (C=O) groups is 1. The Kier molecular flexibility index (Phi) is 6.01. The van der Waals surface area contributed by atoms with E-state index < -0.39 is 0 Å². The molecule has 1 atom stereocenters. The number of amides is 1. The van der Waals surface area contributed by atoms with Crippen LogP contribution in [0.15, 0.2) is 30.5 Å². The maximum atomic E-state index is 13.8. The molecule has 0 unspecified atom stereocenters. The number of anilines is 1. The number of morpholine rings is 1. The van der Waals surface area contributed by atoms with E-state index >= 15 is 0 Å². The van der Waals surface area contributed by atoms with E-state index in [1.807, 2.05) is 11.0 Å². The number of hydrogen-bond acceptors (Lipinski definition) is 6. The number of nitrogen functional groups attached to an aromatic ring is 1. The summed E-state index contributed by atoms with van der Waals surface area (Å²) in [5, 5.41) is 0. The number of ether oxygens (including phenoxy) is 1. The molecule has 4 rings (SSSR count). The van der Waals surface area contributed by atoms with E-state index in [0.29, 0.717) is 26.3 Å². The number of nitrogens with two attached hydrogens (primary N) is 1. The van der Waals surface area contributed by atoms with Crippen molar-refractivity contribution in [3.05, 3.63) is 42.0 Å². The Hall–Kier alpha value is -2.58. The van der Waals surface area contributed by atoms with Crippen LogP contribution >= 0.6 is 0 Å². The number of aromatic nitrogens is 2. The van der Waals surface area contributed by atoms with Gasteiger partial charge in [0.15, 0.2) is 0 Å². The smallest absolute Gasteiger partial charge is 0.236 e. The van der Waals surface area contributed by atoms with Crippen molar-refractivity contribution in [3.8, 4) is 11.1 Å². The third-order valence-corrected chi connectivity index (χ3v) is 5.60. The van der Waals surface area contributed by atoms with E-state index in [1.54, 1.807) is 12.3 Å². The van der Waals surface area contributed by atoms with Crippen molar-refractivity contribution in [2.75, 3.05) is 51.7 Å². The van der Waals surface area contributed by atoms with Gasteiger partial charge in [-0.25, -0.2) is 14.4 Å². The highest BCUT2D eigenvalue weighted by Crippen LogP contribution is 2.33. The summed E-state index contributed by atoms with van der Waals surface area (Å²) in [6, 6.07) is 6.39. The van der Waals surface area contributed by atoms with Crippen LogP contribution in [0.25, 0.3) is 11.1 Å². The first-order valence-electron chi connectivity index (χ1n) is 10.1. The van der Waals surface area contributed by atoms with Gasteiger partial charge in [0.1, 0.15) is 5.82 Å². The molecule has 2 aliphatic heterocycles. The number of carbonyl (C=O) groups excluding carboxylic acids is 1. The van der Waals surface area contributed by atoms with Crippen molar-refractivity contribution in [1.82, 2.24) is 19.8 Å². The first-order chi connectivity index (χ1) is 14.1. The molecule has 1 aromatic carbocycles. The maximum Gasteiger partial charge on any atom is 0.236 e. The average molecular weight is 399 g/mol. The Labute approximate surface area is 169 Å². The lowest BCUT2D eigenvalue weighted by molar-refractivity contribution is -0.134. The molecule has 0 aliphatic carbocycles. The summed E-state index contributed by atoms with van der Waals surface area (Å²) in [5.41, 5.74) is 8.14. The quantitative estimate of drug-likeness (QED) is 0.845. The summed E-state index contributed by atoms with van der Waals surface area (Å²) in [5.74, 6) is 0.0556. The van der Waals surface area contributed by atoms with Crippen LogP contribution in [0, 0.1) is 5.82 Å². The number of rotatable bonds is 4. The lowest BCUT2D eigenvalue weighted by Crippen LogP contribution is -2.47. The summed E-state index contributed by atoms with van der Waals surface area (Å²) < 4.78 is 19.1. The molecule has 154 valence electrons. The molecule has 2 fully saturated rings. The van der Waals surface area contributed by atoms with E-state index in [9.17, 15) is 9.18 Å². The molecule has 1 amide bonds. The fourth-order valence-electron chi connectivity index (χ4n) is 4.08. The fourth-order valence-corrected chi connectivity index (χ4v) is 4.08. The van der Waals surface area contributed by atoms with Crippen molar-refractivity contribution in [2.24, 2.45) is 0 Å². The minimum Gasteiger partial charge on any atom is -0.379 e. The van der Waals surface area contributed by atoms with Crippen molar-refractivity contribution >= 4 is 11.9 Å². The molecule has 0 saturated carbocycles. The van der Waals surface area contributed by atoms with Crippen LogP contribution in [0.3, 0.4) is 0 Å². The normalized spacial score (nSPS) is 20.6. The SMILES string of the molecule is Nc1ncc(-c2cccc(F)c2)c([C@H]2CCCN(C(=O)CN3CCOCC3)C2)n1. The number of nitrogens with zero attached hydrogens (tertiary/aromatic N) is 4. The van der Waals surface area contributed by atoms with Gasteiger partial charge < -0.3 is 15.4 Å². The molecule has 0 spiro atoms. The second kappa shape index (κ2) is 8.84. The van der Waals surface area contributed by atoms with Gasteiger partial charge in [0, 0.05) is 43.9 Å². The van der Waals surface area contributed by atoms with Gasteiger partial charge in [0.2, 0.25) is 11.9 Å². The molecular weight excluding hydrogens is 373 g/mol. The van der Waals surface area contributed by atoms with Crippen molar-refractivity contribution in [2.45, 2.75) is 18.8 Å². The van der Waals surface area contributed by atoms with Crippen LogP contribution in [0.4, 0.5) is 10.3 Å². The Morgan fingerprint density at radius 3 is 2.90 bits per heavy atom. The Bertz CT molecular complexity index is 872. The second-order valence-corrected chi connectivity index (χ2v) is 7.60. The van der Waals surface area contributed by atoms with Gasteiger partial charge >= 0.3 is 0 Å². The van der Waals surface area contributed by atoms with E-state index in [-0.39, 0.29) is 23.6 Å². The Morgan fingerprint density at radius 1 is 1.28 bits per heavy atom. The third kappa shape index (κ3) is 4.71. The number of hydrogen-bond donors (Lipinski definition) is 1. The topological polar surface area (TPSA) is 84.6 Å². The summed E-state index contributed by atoms with van der Waals surface area (Å²) in [7, 11) is 0. The summed E-state index contributed by atoms with van der Waals surface area (Å²) in [4.78, 5) is 25.5. The predicted molar refractivity (Wildman–Crippen MR) is 108 cm³/mol. The first-order valence-corrected chi connectivity index (χ1v) is 10.1. The van der Waals surface area contributed by atoms with Crippen LogP contribution in [0.5, 0.6) is 0 Å².